The summed E-state index contributed by atoms with van der Waals surface area (Å²) in [6, 6.07) is 20.1. The van der Waals surface area contributed by atoms with Crippen molar-refractivity contribution in [3.63, 3.8) is 0 Å². The molecule has 2 heterocycles. The molecule has 0 spiro atoms. The lowest BCUT2D eigenvalue weighted by molar-refractivity contribution is 0.307. The van der Waals surface area contributed by atoms with Gasteiger partial charge in [-0.3, -0.25) is 4.79 Å². The van der Waals surface area contributed by atoms with Crippen LogP contribution in [-0.2, 0) is 6.54 Å². The maximum absolute atomic E-state index is 12.5. The van der Waals surface area contributed by atoms with Crippen molar-refractivity contribution >= 4 is 12.4 Å². The molecule has 0 fully saturated rings. The number of halogens is 1. The molecule has 0 atom stereocenters. The van der Waals surface area contributed by atoms with Crippen LogP contribution in [0.1, 0.15) is 17.5 Å². The summed E-state index contributed by atoms with van der Waals surface area (Å²) < 4.78 is 7.06. The predicted octanol–water partition coefficient (Wildman–Crippen LogP) is 3.70. The minimum atomic E-state index is -0.207. The van der Waals surface area contributed by atoms with Crippen molar-refractivity contribution in [2.75, 3.05) is 20.2 Å². The zero-order valence-corrected chi connectivity index (χ0v) is 20.0. The van der Waals surface area contributed by atoms with Crippen LogP contribution in [0.4, 0.5) is 0 Å². The second kappa shape index (κ2) is 12.4. The van der Waals surface area contributed by atoms with E-state index in [0.717, 1.165) is 29.7 Å². The standard InChI is InChI=1S/C26H24N6O2.ClH/c1-28-11-4-12-34-23-16-29-26(30-17-23)22-8-3-6-20(14-22)18-32-25(33)10-9-24(31-32)21-7-2-5-19(13-21)15-27;/h2-3,5-10,13-14,16-17,28H,4,11-12,18H2,1H3;1H. The Labute approximate surface area is 209 Å². The lowest BCUT2D eigenvalue weighted by Crippen LogP contribution is -2.22. The number of rotatable bonds is 9. The van der Waals surface area contributed by atoms with Crippen molar-refractivity contribution in [2.24, 2.45) is 0 Å². The quantitative estimate of drug-likeness (QED) is 0.358. The molecule has 0 aliphatic heterocycles. The van der Waals surface area contributed by atoms with Gasteiger partial charge in [-0.15, -0.1) is 12.4 Å². The van der Waals surface area contributed by atoms with Crippen LogP contribution in [0.5, 0.6) is 5.75 Å². The Morgan fingerprint density at radius 3 is 2.57 bits per heavy atom. The Bertz CT molecular complexity index is 1370. The van der Waals surface area contributed by atoms with Crippen LogP contribution < -0.4 is 15.6 Å². The molecular formula is C26H25ClN6O2. The van der Waals surface area contributed by atoms with E-state index in [2.05, 4.69) is 26.5 Å². The minimum Gasteiger partial charge on any atom is -0.490 e. The second-order valence-electron chi connectivity index (χ2n) is 7.66. The summed E-state index contributed by atoms with van der Waals surface area (Å²) >= 11 is 0. The summed E-state index contributed by atoms with van der Waals surface area (Å²) in [5, 5.41) is 16.7. The summed E-state index contributed by atoms with van der Waals surface area (Å²) in [6.45, 7) is 1.78. The molecule has 9 heteroatoms. The highest BCUT2D eigenvalue weighted by Gasteiger charge is 2.08. The number of hydrogen-bond donors (Lipinski definition) is 1. The van der Waals surface area contributed by atoms with E-state index in [9.17, 15) is 4.79 Å². The highest BCUT2D eigenvalue weighted by molar-refractivity contribution is 5.85. The van der Waals surface area contributed by atoms with E-state index in [-0.39, 0.29) is 18.0 Å². The molecule has 4 aromatic rings. The van der Waals surface area contributed by atoms with E-state index in [1.165, 1.54) is 10.7 Å². The molecule has 2 aromatic heterocycles. The molecule has 0 unspecified atom stereocenters. The molecular weight excluding hydrogens is 464 g/mol. The average Bonchev–Trinajstić information content (AvgIpc) is 2.88. The second-order valence-corrected chi connectivity index (χ2v) is 7.66. The van der Waals surface area contributed by atoms with Crippen LogP contribution in [0.15, 0.2) is 77.9 Å². The monoisotopic (exact) mass is 488 g/mol. The Morgan fingerprint density at radius 2 is 1.80 bits per heavy atom. The molecule has 178 valence electrons. The summed E-state index contributed by atoms with van der Waals surface area (Å²) in [5.41, 5.74) is 3.47. The van der Waals surface area contributed by atoms with Crippen molar-refractivity contribution in [1.29, 1.82) is 5.26 Å². The van der Waals surface area contributed by atoms with Crippen LogP contribution in [0.2, 0.25) is 0 Å². The van der Waals surface area contributed by atoms with Crippen LogP contribution in [-0.4, -0.2) is 39.9 Å². The van der Waals surface area contributed by atoms with Gasteiger partial charge in [0.15, 0.2) is 11.6 Å². The first-order chi connectivity index (χ1) is 16.7. The van der Waals surface area contributed by atoms with Crippen molar-refractivity contribution in [2.45, 2.75) is 13.0 Å². The fourth-order valence-corrected chi connectivity index (χ4v) is 3.42. The van der Waals surface area contributed by atoms with Gasteiger partial charge >= 0.3 is 0 Å². The predicted molar refractivity (Wildman–Crippen MR) is 137 cm³/mol. The van der Waals surface area contributed by atoms with Crippen molar-refractivity contribution < 1.29 is 4.74 Å². The molecule has 35 heavy (non-hydrogen) atoms. The van der Waals surface area contributed by atoms with E-state index in [1.54, 1.807) is 36.7 Å². The highest BCUT2D eigenvalue weighted by Crippen LogP contribution is 2.20. The van der Waals surface area contributed by atoms with Crippen LogP contribution in [0, 0.1) is 11.3 Å². The number of hydrogen-bond acceptors (Lipinski definition) is 7. The zero-order chi connectivity index (χ0) is 23.8. The molecule has 0 aliphatic carbocycles. The molecule has 0 aliphatic rings. The van der Waals surface area contributed by atoms with Crippen LogP contribution >= 0.6 is 12.4 Å². The maximum Gasteiger partial charge on any atom is 0.267 e. The highest BCUT2D eigenvalue weighted by atomic mass is 35.5. The SMILES string of the molecule is CNCCCOc1cnc(-c2cccc(Cn3nc(-c4cccc(C#N)c4)ccc3=O)c2)nc1.Cl. The van der Waals surface area contributed by atoms with Gasteiger partial charge in [0, 0.05) is 17.2 Å². The Morgan fingerprint density at radius 1 is 1.03 bits per heavy atom. The molecule has 0 amide bonds. The fraction of sp³-hybridized carbons (Fsp3) is 0.192. The third-order valence-electron chi connectivity index (χ3n) is 5.14. The number of benzene rings is 2. The topological polar surface area (TPSA) is 106 Å². The van der Waals surface area contributed by atoms with Crippen LogP contribution in [0.25, 0.3) is 22.6 Å². The first-order valence-electron chi connectivity index (χ1n) is 10.9. The molecule has 4 rings (SSSR count). The molecule has 0 radical (unpaired) electrons. The number of aromatic nitrogens is 4. The van der Waals surface area contributed by atoms with Gasteiger partial charge in [0.1, 0.15) is 0 Å². The van der Waals surface area contributed by atoms with E-state index in [1.807, 2.05) is 37.4 Å². The van der Waals surface area contributed by atoms with E-state index >= 15 is 0 Å². The van der Waals surface area contributed by atoms with E-state index in [4.69, 9.17) is 10.00 Å². The number of nitriles is 1. The van der Waals surface area contributed by atoms with Crippen molar-refractivity contribution in [3.05, 3.63) is 94.5 Å². The van der Waals surface area contributed by atoms with Gasteiger partial charge in [-0.1, -0.05) is 30.3 Å². The van der Waals surface area contributed by atoms with Gasteiger partial charge in [0.05, 0.1) is 42.9 Å². The number of ether oxygens (including phenoxy) is 1. The summed E-state index contributed by atoms with van der Waals surface area (Å²) in [4.78, 5) is 21.3. The molecule has 0 saturated carbocycles. The van der Waals surface area contributed by atoms with Gasteiger partial charge in [-0.2, -0.15) is 10.4 Å². The third kappa shape index (κ3) is 6.73. The molecule has 0 saturated heterocycles. The normalized spacial score (nSPS) is 10.3. The average molecular weight is 489 g/mol. The minimum absolute atomic E-state index is 0. The largest absolute Gasteiger partial charge is 0.490 e. The zero-order valence-electron chi connectivity index (χ0n) is 19.2. The lowest BCUT2D eigenvalue weighted by Gasteiger charge is -2.09. The van der Waals surface area contributed by atoms with Crippen LogP contribution in [0.3, 0.4) is 0 Å². The van der Waals surface area contributed by atoms with Gasteiger partial charge in [0.25, 0.3) is 5.56 Å². The maximum atomic E-state index is 12.5. The smallest absolute Gasteiger partial charge is 0.267 e. The Balaban J connectivity index is 0.00000342. The Kier molecular flexibility index (Phi) is 9.07. The summed E-state index contributed by atoms with van der Waals surface area (Å²) in [5.74, 6) is 1.20. The van der Waals surface area contributed by atoms with Crippen molar-refractivity contribution in [1.82, 2.24) is 25.1 Å². The van der Waals surface area contributed by atoms with Crippen molar-refractivity contribution in [3.8, 4) is 34.5 Å². The van der Waals surface area contributed by atoms with E-state index < -0.39 is 0 Å². The lowest BCUT2D eigenvalue weighted by atomic mass is 10.1. The van der Waals surface area contributed by atoms with Gasteiger partial charge in [-0.05, 0) is 49.8 Å². The summed E-state index contributed by atoms with van der Waals surface area (Å²) in [7, 11) is 1.91. The first-order valence-corrected chi connectivity index (χ1v) is 10.9. The van der Waals surface area contributed by atoms with Gasteiger partial charge < -0.3 is 10.1 Å². The third-order valence-corrected chi connectivity index (χ3v) is 5.14. The number of nitrogens with zero attached hydrogens (tertiary/aromatic N) is 5. The number of nitrogens with one attached hydrogen (secondary N) is 1. The molecule has 1 N–H and O–H groups in total. The van der Waals surface area contributed by atoms with Gasteiger partial charge in [0.2, 0.25) is 0 Å². The first kappa shape index (κ1) is 25.6. The summed E-state index contributed by atoms with van der Waals surface area (Å²) in [6.07, 6.45) is 4.23. The fourth-order valence-electron chi connectivity index (χ4n) is 3.42. The Hall–Kier alpha value is -4.06. The van der Waals surface area contributed by atoms with E-state index in [0.29, 0.717) is 36.0 Å². The van der Waals surface area contributed by atoms with Gasteiger partial charge in [-0.25, -0.2) is 14.6 Å². The molecule has 8 nitrogen and oxygen atoms in total. The molecule has 0 bridgehead atoms. The molecule has 2 aromatic carbocycles.